The van der Waals surface area contributed by atoms with Crippen molar-refractivity contribution in [2.24, 2.45) is 0 Å². The lowest BCUT2D eigenvalue weighted by Gasteiger charge is -2.23. The molecule has 1 aliphatic heterocycles. The van der Waals surface area contributed by atoms with Crippen LogP contribution in [0.4, 0.5) is 4.79 Å². The Morgan fingerprint density at radius 1 is 1.41 bits per heavy atom. The molecule has 1 aliphatic rings. The Hall–Kier alpha value is -1.90. The number of nitrogens with zero attached hydrogens (tertiary/aromatic N) is 4. The van der Waals surface area contributed by atoms with E-state index in [0.29, 0.717) is 43.5 Å². The largest absolute Gasteiger partial charge is 0.465 e. The SMILES string of the molecule is C[Si](C)(C)CCOCn1nc(C2=CCN(C(=O)O)CC2)c2c(Cl)ccnc21. The number of carbonyl (C=O) groups is 1. The van der Waals surface area contributed by atoms with E-state index in [4.69, 9.17) is 26.5 Å². The maximum Gasteiger partial charge on any atom is 0.407 e. The van der Waals surface area contributed by atoms with Crippen LogP contribution in [0.25, 0.3) is 16.6 Å². The molecule has 0 aliphatic carbocycles. The van der Waals surface area contributed by atoms with E-state index >= 15 is 0 Å². The highest BCUT2D eigenvalue weighted by Crippen LogP contribution is 2.32. The van der Waals surface area contributed by atoms with E-state index < -0.39 is 14.2 Å². The van der Waals surface area contributed by atoms with Gasteiger partial charge in [-0.2, -0.15) is 5.10 Å². The minimum Gasteiger partial charge on any atom is -0.465 e. The Morgan fingerprint density at radius 3 is 2.81 bits per heavy atom. The summed E-state index contributed by atoms with van der Waals surface area (Å²) in [5.41, 5.74) is 2.45. The summed E-state index contributed by atoms with van der Waals surface area (Å²) in [7, 11) is -1.15. The van der Waals surface area contributed by atoms with Crippen LogP contribution in [0, 0.1) is 0 Å². The van der Waals surface area contributed by atoms with Crippen LogP contribution in [-0.4, -0.2) is 58.6 Å². The van der Waals surface area contributed by atoms with Crippen LogP contribution in [0.2, 0.25) is 30.7 Å². The summed E-state index contributed by atoms with van der Waals surface area (Å²) >= 11 is 6.43. The fourth-order valence-corrected chi connectivity index (χ4v) is 3.95. The summed E-state index contributed by atoms with van der Waals surface area (Å²) in [4.78, 5) is 16.9. The zero-order valence-electron chi connectivity index (χ0n) is 15.9. The molecule has 0 saturated heterocycles. The smallest absolute Gasteiger partial charge is 0.407 e. The van der Waals surface area contributed by atoms with Crippen molar-refractivity contribution in [3.8, 4) is 0 Å². The zero-order valence-corrected chi connectivity index (χ0v) is 17.7. The summed E-state index contributed by atoms with van der Waals surface area (Å²) in [6.07, 6.45) is 3.26. The number of halogens is 1. The number of hydrogen-bond donors (Lipinski definition) is 1. The molecular formula is C18H25ClN4O3Si. The highest BCUT2D eigenvalue weighted by atomic mass is 35.5. The van der Waals surface area contributed by atoms with Gasteiger partial charge in [-0.3, -0.25) is 0 Å². The number of amides is 1. The topological polar surface area (TPSA) is 80.5 Å². The van der Waals surface area contributed by atoms with Crippen LogP contribution in [0.1, 0.15) is 12.1 Å². The van der Waals surface area contributed by atoms with Crippen LogP contribution >= 0.6 is 11.6 Å². The highest BCUT2D eigenvalue weighted by molar-refractivity contribution is 6.76. The van der Waals surface area contributed by atoms with Crippen LogP contribution in [0.15, 0.2) is 18.3 Å². The van der Waals surface area contributed by atoms with Crippen molar-refractivity contribution in [1.82, 2.24) is 19.7 Å². The van der Waals surface area contributed by atoms with Gasteiger partial charge in [-0.15, -0.1) is 0 Å². The first-order chi connectivity index (χ1) is 12.8. The van der Waals surface area contributed by atoms with E-state index in [0.717, 1.165) is 22.7 Å². The van der Waals surface area contributed by atoms with Gasteiger partial charge >= 0.3 is 6.09 Å². The summed E-state index contributed by atoms with van der Waals surface area (Å²) in [6.45, 7) is 8.76. The Morgan fingerprint density at radius 2 is 2.19 bits per heavy atom. The maximum atomic E-state index is 11.1. The minimum absolute atomic E-state index is 0.322. The Kier molecular flexibility index (Phi) is 5.88. The molecule has 3 rings (SSSR count). The van der Waals surface area contributed by atoms with Gasteiger partial charge in [0.15, 0.2) is 5.65 Å². The number of fused-ring (bicyclic) bond motifs is 1. The molecule has 0 atom stereocenters. The second-order valence-electron chi connectivity index (χ2n) is 7.90. The molecule has 1 amide bonds. The zero-order chi connectivity index (χ0) is 19.6. The molecule has 9 heteroatoms. The van der Waals surface area contributed by atoms with Crippen LogP contribution < -0.4 is 0 Å². The molecule has 27 heavy (non-hydrogen) atoms. The first kappa shape index (κ1) is 19.8. The summed E-state index contributed by atoms with van der Waals surface area (Å²) in [6, 6.07) is 2.84. The quantitative estimate of drug-likeness (QED) is 0.573. The van der Waals surface area contributed by atoms with Gasteiger partial charge in [-0.25, -0.2) is 14.5 Å². The molecular weight excluding hydrogens is 384 g/mol. The van der Waals surface area contributed by atoms with Crippen molar-refractivity contribution in [3.05, 3.63) is 29.1 Å². The first-order valence-electron chi connectivity index (χ1n) is 9.02. The van der Waals surface area contributed by atoms with E-state index in [9.17, 15) is 4.79 Å². The summed E-state index contributed by atoms with van der Waals surface area (Å²) in [5, 5.41) is 15.2. The third-order valence-electron chi connectivity index (χ3n) is 4.58. The lowest BCUT2D eigenvalue weighted by atomic mass is 10.0. The van der Waals surface area contributed by atoms with Gasteiger partial charge in [0.2, 0.25) is 0 Å². The maximum absolute atomic E-state index is 11.1. The average molecular weight is 409 g/mol. The van der Waals surface area contributed by atoms with Crippen molar-refractivity contribution >= 4 is 42.4 Å². The average Bonchev–Trinajstić information content (AvgIpc) is 2.98. The van der Waals surface area contributed by atoms with Crippen LogP contribution in [0.5, 0.6) is 0 Å². The molecule has 0 bridgehead atoms. The molecule has 3 heterocycles. The number of pyridine rings is 1. The van der Waals surface area contributed by atoms with Gasteiger partial charge in [0.1, 0.15) is 6.73 Å². The summed E-state index contributed by atoms with van der Waals surface area (Å²) < 4.78 is 7.58. The van der Waals surface area contributed by atoms with Crippen LogP contribution in [-0.2, 0) is 11.5 Å². The van der Waals surface area contributed by atoms with Gasteiger partial charge in [-0.05, 0) is 24.1 Å². The second-order valence-corrected chi connectivity index (χ2v) is 13.9. The number of rotatable bonds is 6. The minimum atomic E-state index is -1.15. The molecule has 0 radical (unpaired) electrons. The normalized spacial score (nSPS) is 15.3. The fourth-order valence-electron chi connectivity index (χ4n) is 2.96. The standard InChI is InChI=1S/C18H25ClN4O3Si/c1-27(2,3)11-10-26-12-23-17-15(14(19)4-7-20-17)16(21-23)13-5-8-22(9-6-13)18(24)25/h4-5,7H,6,8-12H2,1-3H3,(H,24,25). The number of aromatic nitrogens is 3. The second kappa shape index (κ2) is 8.00. The third kappa shape index (κ3) is 4.69. The van der Waals surface area contributed by atoms with Gasteiger partial charge in [-0.1, -0.05) is 37.3 Å². The van der Waals surface area contributed by atoms with Crippen molar-refractivity contribution in [2.75, 3.05) is 19.7 Å². The van der Waals surface area contributed by atoms with Gasteiger partial charge in [0.25, 0.3) is 0 Å². The van der Waals surface area contributed by atoms with E-state index in [-0.39, 0.29) is 0 Å². The third-order valence-corrected chi connectivity index (χ3v) is 6.60. The predicted octanol–water partition coefficient (Wildman–Crippen LogP) is 4.16. The molecule has 1 N–H and O–H groups in total. The van der Waals surface area contributed by atoms with E-state index in [2.05, 4.69) is 24.6 Å². The summed E-state index contributed by atoms with van der Waals surface area (Å²) in [5.74, 6) is 0. The monoisotopic (exact) mass is 408 g/mol. The molecule has 0 aromatic carbocycles. The number of carboxylic acid groups (broad SMARTS) is 1. The lowest BCUT2D eigenvalue weighted by Crippen LogP contribution is -2.33. The number of ether oxygens (including phenoxy) is 1. The predicted molar refractivity (Wildman–Crippen MR) is 109 cm³/mol. The van der Waals surface area contributed by atoms with E-state index in [1.165, 1.54) is 4.90 Å². The fraction of sp³-hybridized carbons (Fsp3) is 0.500. The van der Waals surface area contributed by atoms with Crippen molar-refractivity contribution in [2.45, 2.75) is 38.8 Å². The molecule has 0 fully saturated rings. The molecule has 2 aromatic heterocycles. The highest BCUT2D eigenvalue weighted by Gasteiger charge is 2.22. The van der Waals surface area contributed by atoms with Gasteiger partial charge < -0.3 is 14.7 Å². The molecule has 0 spiro atoms. The molecule has 0 saturated carbocycles. The Labute approximate surface area is 164 Å². The van der Waals surface area contributed by atoms with Crippen molar-refractivity contribution in [3.63, 3.8) is 0 Å². The Bertz CT molecular complexity index is 875. The Balaban J connectivity index is 1.85. The molecule has 0 unspecified atom stereocenters. The first-order valence-corrected chi connectivity index (χ1v) is 13.1. The van der Waals surface area contributed by atoms with E-state index in [1.807, 2.05) is 6.08 Å². The molecule has 7 nitrogen and oxygen atoms in total. The van der Waals surface area contributed by atoms with Crippen molar-refractivity contribution < 1.29 is 14.6 Å². The van der Waals surface area contributed by atoms with E-state index in [1.54, 1.807) is 16.9 Å². The lowest BCUT2D eigenvalue weighted by molar-refractivity contribution is 0.0812. The molecule has 2 aromatic rings. The van der Waals surface area contributed by atoms with Gasteiger partial charge in [0, 0.05) is 34.0 Å². The van der Waals surface area contributed by atoms with Gasteiger partial charge in [0.05, 0.1) is 16.1 Å². The molecule has 146 valence electrons. The number of hydrogen-bond acceptors (Lipinski definition) is 4. The van der Waals surface area contributed by atoms with Crippen LogP contribution in [0.3, 0.4) is 0 Å². The van der Waals surface area contributed by atoms with Crippen molar-refractivity contribution in [1.29, 1.82) is 0 Å².